The number of amides is 2. The van der Waals surface area contributed by atoms with Crippen molar-refractivity contribution in [3.05, 3.63) is 33.7 Å². The van der Waals surface area contributed by atoms with Crippen molar-refractivity contribution in [3.63, 3.8) is 0 Å². The molecule has 0 spiro atoms. The molecule has 2 rings (SSSR count). The summed E-state index contributed by atoms with van der Waals surface area (Å²) in [6.07, 6.45) is 2.31. The monoisotopic (exact) mass is 396 g/mol. The Morgan fingerprint density at radius 1 is 1.29 bits per heavy atom. The Labute approximate surface area is 146 Å². The highest BCUT2D eigenvalue weighted by Gasteiger charge is 2.20. The van der Waals surface area contributed by atoms with Crippen molar-refractivity contribution < 1.29 is 19.5 Å². The summed E-state index contributed by atoms with van der Waals surface area (Å²) >= 11 is 3.39. The molecule has 0 fully saturated rings. The minimum absolute atomic E-state index is 0.310. The Bertz CT molecular complexity index is 815. The maximum atomic E-state index is 12.5. The molecule has 0 radical (unpaired) electrons. The number of hydrogen-bond donors (Lipinski definition) is 3. The summed E-state index contributed by atoms with van der Waals surface area (Å²) in [7, 11) is 0. The first-order valence-corrected chi connectivity index (χ1v) is 8.06. The number of nitrogens with one attached hydrogen (secondary N) is 2. The highest BCUT2D eigenvalue weighted by atomic mass is 79.9. The Morgan fingerprint density at radius 2 is 2.00 bits per heavy atom. The van der Waals surface area contributed by atoms with Gasteiger partial charge in [0.05, 0.1) is 12.2 Å². The van der Waals surface area contributed by atoms with Crippen LogP contribution in [-0.2, 0) is 16.0 Å². The maximum absolute atomic E-state index is 12.5. The molecule has 0 aliphatic heterocycles. The van der Waals surface area contributed by atoms with Gasteiger partial charge in [-0.2, -0.15) is 0 Å². The van der Waals surface area contributed by atoms with E-state index in [0.29, 0.717) is 23.5 Å². The molecule has 2 aromatic heterocycles. The number of carbonyl (C=O) groups excluding carboxylic acids is 2. The number of aryl methyl sites for hydroxylation is 2. The molecule has 0 bridgehead atoms. The number of carboxylic acids is 1. The molecule has 2 heterocycles. The highest BCUT2D eigenvalue weighted by Crippen LogP contribution is 2.21. The number of aliphatic carboxylic acids is 1. The third-order valence-corrected chi connectivity index (χ3v) is 3.77. The summed E-state index contributed by atoms with van der Waals surface area (Å²) < 4.78 is 2.49. The first kappa shape index (κ1) is 17.9. The fourth-order valence-corrected chi connectivity index (χ4v) is 2.83. The van der Waals surface area contributed by atoms with Crippen LogP contribution in [0.25, 0.3) is 5.65 Å². The van der Waals surface area contributed by atoms with Crippen LogP contribution in [0, 0.1) is 6.92 Å². The second-order valence-electron chi connectivity index (χ2n) is 5.15. The molecule has 3 N–H and O–H groups in total. The molecule has 0 aliphatic carbocycles. The molecule has 24 heavy (non-hydrogen) atoms. The number of halogens is 1. The standard InChI is InChI=1S/C15H17BrN4O4/c1-3-10-13(15(24)18-5-11(21)17-6-12(22)23)20-7-9(16)4-8(2)14(20)19-10/h4,7H,3,5-6H2,1-2H3,(H,17,21)(H,18,24)(H,22,23). The van der Waals surface area contributed by atoms with Crippen LogP contribution < -0.4 is 10.6 Å². The fourth-order valence-electron chi connectivity index (χ4n) is 2.28. The zero-order valence-corrected chi connectivity index (χ0v) is 14.8. The molecule has 2 aromatic rings. The molecule has 0 aromatic carbocycles. The lowest BCUT2D eigenvalue weighted by Crippen LogP contribution is -2.39. The van der Waals surface area contributed by atoms with E-state index in [4.69, 9.17) is 5.11 Å². The largest absolute Gasteiger partial charge is 0.480 e. The zero-order chi connectivity index (χ0) is 17.9. The average molecular weight is 397 g/mol. The van der Waals surface area contributed by atoms with E-state index >= 15 is 0 Å². The second-order valence-corrected chi connectivity index (χ2v) is 6.06. The van der Waals surface area contributed by atoms with Gasteiger partial charge >= 0.3 is 5.97 Å². The quantitative estimate of drug-likeness (QED) is 0.671. The minimum Gasteiger partial charge on any atom is -0.480 e. The molecule has 0 unspecified atom stereocenters. The van der Waals surface area contributed by atoms with Crippen LogP contribution in [-0.4, -0.2) is 45.4 Å². The number of hydrogen-bond acceptors (Lipinski definition) is 4. The summed E-state index contributed by atoms with van der Waals surface area (Å²) in [5.74, 6) is -2.16. The van der Waals surface area contributed by atoms with Crippen molar-refractivity contribution in [1.82, 2.24) is 20.0 Å². The van der Waals surface area contributed by atoms with Gasteiger partial charge in [0.15, 0.2) is 0 Å². The smallest absolute Gasteiger partial charge is 0.322 e. The van der Waals surface area contributed by atoms with Gasteiger partial charge in [0.1, 0.15) is 17.9 Å². The molecule has 0 aliphatic rings. The van der Waals surface area contributed by atoms with Gasteiger partial charge in [-0.15, -0.1) is 0 Å². The van der Waals surface area contributed by atoms with Crippen molar-refractivity contribution >= 4 is 39.4 Å². The molecule has 2 amide bonds. The van der Waals surface area contributed by atoms with Crippen LogP contribution in [0.4, 0.5) is 0 Å². The maximum Gasteiger partial charge on any atom is 0.322 e. The van der Waals surface area contributed by atoms with E-state index < -0.39 is 24.3 Å². The molecular formula is C15H17BrN4O4. The van der Waals surface area contributed by atoms with E-state index in [1.54, 1.807) is 10.6 Å². The van der Waals surface area contributed by atoms with Gasteiger partial charge in [0.25, 0.3) is 5.91 Å². The summed E-state index contributed by atoms with van der Waals surface area (Å²) in [6, 6.07) is 1.91. The van der Waals surface area contributed by atoms with Crippen LogP contribution >= 0.6 is 15.9 Å². The second kappa shape index (κ2) is 7.43. The number of carboxylic acid groups (broad SMARTS) is 1. The lowest BCUT2D eigenvalue weighted by molar-refractivity contribution is -0.137. The lowest BCUT2D eigenvalue weighted by atomic mass is 10.2. The Balaban J connectivity index is 2.22. The number of pyridine rings is 1. The third-order valence-electron chi connectivity index (χ3n) is 3.34. The summed E-state index contributed by atoms with van der Waals surface area (Å²) in [6.45, 7) is 2.99. The predicted molar refractivity (Wildman–Crippen MR) is 90.0 cm³/mol. The summed E-state index contributed by atoms with van der Waals surface area (Å²) in [5.41, 5.74) is 2.58. The van der Waals surface area contributed by atoms with Crippen LogP contribution in [0.5, 0.6) is 0 Å². The van der Waals surface area contributed by atoms with Gasteiger partial charge in [-0.3, -0.25) is 18.8 Å². The zero-order valence-electron chi connectivity index (χ0n) is 13.2. The number of carbonyl (C=O) groups is 3. The van der Waals surface area contributed by atoms with Crippen molar-refractivity contribution in [2.24, 2.45) is 0 Å². The number of imidazole rings is 1. The topological polar surface area (TPSA) is 113 Å². The van der Waals surface area contributed by atoms with Gasteiger partial charge in [-0.05, 0) is 40.9 Å². The first-order valence-electron chi connectivity index (χ1n) is 7.27. The van der Waals surface area contributed by atoms with Gasteiger partial charge in [-0.1, -0.05) is 6.92 Å². The van der Waals surface area contributed by atoms with Gasteiger partial charge < -0.3 is 15.7 Å². The SMILES string of the molecule is CCc1nc2c(C)cc(Br)cn2c1C(=O)NCC(=O)NCC(=O)O. The first-order chi connectivity index (χ1) is 11.3. The van der Waals surface area contributed by atoms with E-state index in [1.807, 2.05) is 19.9 Å². The van der Waals surface area contributed by atoms with Crippen LogP contribution in [0.1, 0.15) is 28.7 Å². The van der Waals surface area contributed by atoms with E-state index in [1.165, 1.54) is 0 Å². The Morgan fingerprint density at radius 3 is 2.62 bits per heavy atom. The van der Waals surface area contributed by atoms with Crippen molar-refractivity contribution in [2.45, 2.75) is 20.3 Å². The molecule has 0 saturated carbocycles. The number of aromatic nitrogens is 2. The lowest BCUT2D eigenvalue weighted by Gasteiger charge is -2.07. The van der Waals surface area contributed by atoms with Gasteiger partial charge in [-0.25, -0.2) is 4.98 Å². The summed E-state index contributed by atoms with van der Waals surface area (Å²) in [5, 5.41) is 13.2. The molecule has 8 nitrogen and oxygen atoms in total. The van der Waals surface area contributed by atoms with E-state index in [0.717, 1.165) is 10.0 Å². The molecule has 0 atom stereocenters. The van der Waals surface area contributed by atoms with Crippen molar-refractivity contribution in [2.75, 3.05) is 13.1 Å². The van der Waals surface area contributed by atoms with Crippen molar-refractivity contribution in [1.29, 1.82) is 0 Å². The van der Waals surface area contributed by atoms with E-state index in [9.17, 15) is 14.4 Å². The Hall–Kier alpha value is -2.42. The molecule has 0 saturated heterocycles. The van der Waals surface area contributed by atoms with Crippen molar-refractivity contribution in [3.8, 4) is 0 Å². The van der Waals surface area contributed by atoms with E-state index in [-0.39, 0.29) is 6.54 Å². The van der Waals surface area contributed by atoms with Crippen LogP contribution in [0.2, 0.25) is 0 Å². The van der Waals surface area contributed by atoms with Gasteiger partial charge in [0, 0.05) is 10.7 Å². The minimum atomic E-state index is -1.15. The Kier molecular flexibility index (Phi) is 5.55. The molecule has 128 valence electrons. The number of nitrogens with zero attached hydrogens (tertiary/aromatic N) is 2. The number of rotatable bonds is 6. The average Bonchev–Trinajstić information content (AvgIpc) is 2.89. The normalized spacial score (nSPS) is 10.6. The van der Waals surface area contributed by atoms with Gasteiger partial charge in [0.2, 0.25) is 5.91 Å². The van der Waals surface area contributed by atoms with Crippen LogP contribution in [0.15, 0.2) is 16.7 Å². The number of fused-ring (bicyclic) bond motifs is 1. The third kappa shape index (κ3) is 3.91. The fraction of sp³-hybridized carbons (Fsp3) is 0.333. The predicted octanol–water partition coefficient (Wildman–Crippen LogP) is 0.898. The summed E-state index contributed by atoms with van der Waals surface area (Å²) in [4.78, 5) is 38.9. The highest BCUT2D eigenvalue weighted by molar-refractivity contribution is 9.10. The van der Waals surface area contributed by atoms with Crippen LogP contribution in [0.3, 0.4) is 0 Å². The van der Waals surface area contributed by atoms with E-state index in [2.05, 4.69) is 31.5 Å². The molecular weight excluding hydrogens is 380 g/mol. The molecule has 9 heteroatoms.